The van der Waals surface area contributed by atoms with E-state index in [1.165, 1.54) is 0 Å². The van der Waals surface area contributed by atoms with Crippen molar-refractivity contribution in [2.75, 3.05) is 11.9 Å². The molecular weight excluding hydrogens is 274 g/mol. The zero-order chi connectivity index (χ0) is 15.4. The van der Waals surface area contributed by atoms with Crippen molar-refractivity contribution in [1.82, 2.24) is 19.6 Å². The van der Waals surface area contributed by atoms with Crippen molar-refractivity contribution < 1.29 is 0 Å². The number of hydrogen-bond donors (Lipinski definition) is 1. The first-order valence-electron chi connectivity index (χ1n) is 7.70. The number of aromatic nitrogens is 4. The van der Waals surface area contributed by atoms with Crippen LogP contribution in [0.5, 0.6) is 0 Å². The third-order valence-electron chi connectivity index (χ3n) is 3.57. The molecule has 3 heterocycles. The number of aryl methyl sites for hydroxylation is 3. The molecule has 0 saturated heterocycles. The topological polar surface area (TPSA) is 55.1 Å². The van der Waals surface area contributed by atoms with Gasteiger partial charge in [-0.25, -0.2) is 4.98 Å². The summed E-state index contributed by atoms with van der Waals surface area (Å²) in [6.45, 7) is 4.92. The molecule has 0 radical (unpaired) electrons. The van der Waals surface area contributed by atoms with Crippen LogP contribution in [0.15, 0.2) is 36.5 Å². The van der Waals surface area contributed by atoms with Crippen molar-refractivity contribution in [2.24, 2.45) is 0 Å². The maximum absolute atomic E-state index is 4.49. The molecule has 0 aliphatic heterocycles. The number of anilines is 1. The lowest BCUT2D eigenvalue weighted by Gasteiger charge is -2.09. The molecule has 114 valence electrons. The standard InChI is InChI=1S/C17H21N5/c1-13-11-16(22-17(20-13)12-14(2)21-22)19-10-6-4-8-15-7-3-5-9-18-15/h3,5,7,9,11-12,19H,4,6,8,10H2,1-2H3. The van der Waals surface area contributed by atoms with E-state index >= 15 is 0 Å². The molecule has 0 aromatic carbocycles. The largest absolute Gasteiger partial charge is 0.370 e. The van der Waals surface area contributed by atoms with E-state index in [0.717, 1.165) is 54.4 Å². The summed E-state index contributed by atoms with van der Waals surface area (Å²) in [4.78, 5) is 8.84. The van der Waals surface area contributed by atoms with Crippen LogP contribution in [0.4, 0.5) is 5.82 Å². The molecule has 0 atom stereocenters. The Morgan fingerprint density at radius 1 is 1.09 bits per heavy atom. The Kier molecular flexibility index (Phi) is 4.32. The number of pyridine rings is 1. The molecule has 5 nitrogen and oxygen atoms in total. The highest BCUT2D eigenvalue weighted by atomic mass is 15.3. The number of fused-ring (bicyclic) bond motifs is 1. The molecule has 3 rings (SSSR count). The van der Waals surface area contributed by atoms with E-state index in [0.29, 0.717) is 0 Å². The highest BCUT2D eigenvalue weighted by Gasteiger charge is 2.05. The Hall–Kier alpha value is -2.43. The van der Waals surface area contributed by atoms with Crippen LogP contribution in [-0.2, 0) is 6.42 Å². The molecule has 0 saturated carbocycles. The number of nitrogens with zero attached hydrogens (tertiary/aromatic N) is 4. The summed E-state index contributed by atoms with van der Waals surface area (Å²) in [6.07, 6.45) is 5.09. The summed E-state index contributed by atoms with van der Waals surface area (Å²) in [5.41, 5.74) is 4.04. The Morgan fingerprint density at radius 2 is 2.00 bits per heavy atom. The van der Waals surface area contributed by atoms with E-state index < -0.39 is 0 Å². The lowest BCUT2D eigenvalue weighted by atomic mass is 10.2. The molecule has 0 aliphatic rings. The third kappa shape index (κ3) is 3.42. The van der Waals surface area contributed by atoms with Gasteiger partial charge in [-0.1, -0.05) is 6.07 Å². The highest BCUT2D eigenvalue weighted by molar-refractivity contribution is 5.50. The second kappa shape index (κ2) is 6.56. The van der Waals surface area contributed by atoms with Crippen LogP contribution in [0.2, 0.25) is 0 Å². The van der Waals surface area contributed by atoms with Gasteiger partial charge < -0.3 is 5.32 Å². The van der Waals surface area contributed by atoms with Gasteiger partial charge in [-0.3, -0.25) is 4.98 Å². The van der Waals surface area contributed by atoms with Crippen molar-refractivity contribution in [2.45, 2.75) is 33.1 Å². The summed E-state index contributed by atoms with van der Waals surface area (Å²) in [6, 6.07) is 10.1. The number of hydrogen-bond acceptors (Lipinski definition) is 4. The zero-order valence-corrected chi connectivity index (χ0v) is 13.1. The van der Waals surface area contributed by atoms with Gasteiger partial charge in [0.25, 0.3) is 0 Å². The maximum atomic E-state index is 4.49. The third-order valence-corrected chi connectivity index (χ3v) is 3.57. The minimum absolute atomic E-state index is 0.897. The van der Waals surface area contributed by atoms with Gasteiger partial charge in [-0.15, -0.1) is 0 Å². The monoisotopic (exact) mass is 295 g/mol. The molecule has 0 bridgehead atoms. The SMILES string of the molecule is Cc1cc(NCCCCc2ccccn2)n2nc(C)cc2n1. The summed E-state index contributed by atoms with van der Waals surface area (Å²) in [5.74, 6) is 1.01. The average molecular weight is 295 g/mol. The molecule has 0 amide bonds. The molecule has 22 heavy (non-hydrogen) atoms. The van der Waals surface area contributed by atoms with Crippen LogP contribution >= 0.6 is 0 Å². The van der Waals surface area contributed by atoms with Crippen molar-refractivity contribution in [3.8, 4) is 0 Å². The van der Waals surface area contributed by atoms with Gasteiger partial charge in [-0.05, 0) is 45.2 Å². The van der Waals surface area contributed by atoms with Crippen LogP contribution in [-0.4, -0.2) is 26.1 Å². The molecule has 3 aromatic heterocycles. The average Bonchev–Trinajstić information content (AvgIpc) is 2.88. The minimum atomic E-state index is 0.897. The zero-order valence-electron chi connectivity index (χ0n) is 13.1. The molecule has 0 fully saturated rings. The lowest BCUT2D eigenvalue weighted by Crippen LogP contribution is -2.08. The van der Waals surface area contributed by atoms with Gasteiger partial charge in [0.1, 0.15) is 5.82 Å². The fourth-order valence-corrected chi connectivity index (χ4v) is 2.53. The molecule has 0 aliphatic carbocycles. The summed E-state index contributed by atoms with van der Waals surface area (Å²) < 4.78 is 1.88. The van der Waals surface area contributed by atoms with E-state index in [-0.39, 0.29) is 0 Å². The first-order valence-corrected chi connectivity index (χ1v) is 7.70. The van der Waals surface area contributed by atoms with Gasteiger partial charge in [0, 0.05) is 36.3 Å². The second-order valence-corrected chi connectivity index (χ2v) is 5.54. The number of rotatable bonds is 6. The van der Waals surface area contributed by atoms with Crippen molar-refractivity contribution in [3.63, 3.8) is 0 Å². The normalized spacial score (nSPS) is 11.0. The van der Waals surface area contributed by atoms with Gasteiger partial charge >= 0.3 is 0 Å². The summed E-state index contributed by atoms with van der Waals surface area (Å²) in [5, 5.41) is 7.95. The first-order chi connectivity index (χ1) is 10.7. The minimum Gasteiger partial charge on any atom is -0.370 e. The predicted octanol–water partition coefficient (Wildman–Crippen LogP) is 3.18. The van der Waals surface area contributed by atoms with Crippen LogP contribution < -0.4 is 5.32 Å². The maximum Gasteiger partial charge on any atom is 0.157 e. The quantitative estimate of drug-likeness (QED) is 0.710. The van der Waals surface area contributed by atoms with Crippen LogP contribution in [0.25, 0.3) is 5.65 Å². The number of unbranched alkanes of at least 4 members (excludes halogenated alkanes) is 1. The highest BCUT2D eigenvalue weighted by Crippen LogP contribution is 2.13. The van der Waals surface area contributed by atoms with Gasteiger partial charge in [0.05, 0.1) is 5.69 Å². The van der Waals surface area contributed by atoms with Crippen LogP contribution in [0.1, 0.15) is 29.9 Å². The molecule has 0 unspecified atom stereocenters. The Balaban J connectivity index is 1.55. The van der Waals surface area contributed by atoms with E-state index in [2.05, 4.69) is 26.4 Å². The molecule has 1 N–H and O–H groups in total. The fraction of sp³-hybridized carbons (Fsp3) is 0.353. The molecule has 0 spiro atoms. The lowest BCUT2D eigenvalue weighted by molar-refractivity contribution is 0.744. The Bertz CT molecular complexity index is 748. The smallest absolute Gasteiger partial charge is 0.157 e. The second-order valence-electron chi connectivity index (χ2n) is 5.54. The molecule has 3 aromatic rings. The first kappa shape index (κ1) is 14.5. The van der Waals surface area contributed by atoms with Crippen molar-refractivity contribution in [1.29, 1.82) is 0 Å². The van der Waals surface area contributed by atoms with Crippen LogP contribution in [0.3, 0.4) is 0 Å². The molecule has 5 heteroatoms. The van der Waals surface area contributed by atoms with Gasteiger partial charge in [-0.2, -0.15) is 9.61 Å². The summed E-state index contributed by atoms with van der Waals surface area (Å²) in [7, 11) is 0. The Morgan fingerprint density at radius 3 is 2.82 bits per heavy atom. The van der Waals surface area contributed by atoms with Crippen molar-refractivity contribution >= 4 is 11.5 Å². The van der Waals surface area contributed by atoms with Crippen LogP contribution in [0, 0.1) is 13.8 Å². The van der Waals surface area contributed by atoms with Gasteiger partial charge in [0.2, 0.25) is 0 Å². The summed E-state index contributed by atoms with van der Waals surface area (Å²) >= 11 is 0. The van der Waals surface area contributed by atoms with Gasteiger partial charge in [0.15, 0.2) is 5.65 Å². The van der Waals surface area contributed by atoms with E-state index in [1.807, 2.05) is 48.8 Å². The molecular formula is C17H21N5. The number of nitrogens with one attached hydrogen (secondary N) is 1. The predicted molar refractivity (Wildman–Crippen MR) is 88.1 cm³/mol. The van der Waals surface area contributed by atoms with E-state index in [9.17, 15) is 0 Å². The van der Waals surface area contributed by atoms with Crippen molar-refractivity contribution in [3.05, 3.63) is 53.6 Å². The Labute approximate surface area is 130 Å². The fourth-order valence-electron chi connectivity index (χ4n) is 2.53. The van der Waals surface area contributed by atoms with E-state index in [4.69, 9.17) is 0 Å². The van der Waals surface area contributed by atoms with E-state index in [1.54, 1.807) is 0 Å².